The van der Waals surface area contributed by atoms with E-state index in [-0.39, 0.29) is 5.41 Å². The van der Waals surface area contributed by atoms with E-state index < -0.39 is 0 Å². The van der Waals surface area contributed by atoms with E-state index in [1.165, 1.54) is 12.0 Å². The van der Waals surface area contributed by atoms with Crippen molar-refractivity contribution in [1.82, 2.24) is 5.32 Å². The van der Waals surface area contributed by atoms with Crippen molar-refractivity contribution in [3.8, 4) is 0 Å². The second-order valence-corrected chi connectivity index (χ2v) is 6.50. The zero-order chi connectivity index (χ0) is 14.7. The fourth-order valence-corrected chi connectivity index (χ4v) is 3.91. The quantitative estimate of drug-likeness (QED) is 0.926. The van der Waals surface area contributed by atoms with Gasteiger partial charge in [-0.15, -0.1) is 0 Å². The van der Waals surface area contributed by atoms with Gasteiger partial charge in [-0.1, -0.05) is 31.5 Å². The molecule has 0 saturated carbocycles. The van der Waals surface area contributed by atoms with Gasteiger partial charge in [0.15, 0.2) is 0 Å². The third-order valence-corrected chi connectivity index (χ3v) is 5.03. The Labute approximate surface area is 127 Å². The van der Waals surface area contributed by atoms with Gasteiger partial charge in [-0.05, 0) is 50.3 Å². The molecule has 114 valence electrons. The predicted molar refractivity (Wildman–Crippen MR) is 86.6 cm³/mol. The molecule has 21 heavy (non-hydrogen) atoms. The lowest BCUT2D eigenvalue weighted by Gasteiger charge is -2.34. The zero-order valence-electron chi connectivity index (χ0n) is 13.0. The van der Waals surface area contributed by atoms with E-state index in [1.54, 1.807) is 0 Å². The molecule has 1 atom stereocenters. The SMILES string of the molecule is CCCC1(C(=O)N2CCCCc3ccccc32)CCNC1. The van der Waals surface area contributed by atoms with Crippen molar-refractivity contribution < 1.29 is 4.79 Å². The third kappa shape index (κ3) is 2.71. The van der Waals surface area contributed by atoms with Crippen LogP contribution in [0.2, 0.25) is 0 Å². The first-order valence-corrected chi connectivity index (χ1v) is 8.37. The summed E-state index contributed by atoms with van der Waals surface area (Å²) in [4.78, 5) is 15.4. The summed E-state index contributed by atoms with van der Waals surface area (Å²) in [5, 5.41) is 3.41. The molecule has 0 aliphatic carbocycles. The monoisotopic (exact) mass is 286 g/mol. The largest absolute Gasteiger partial charge is 0.316 e. The van der Waals surface area contributed by atoms with Gasteiger partial charge in [0, 0.05) is 18.8 Å². The molecule has 2 aliphatic heterocycles. The molecule has 0 radical (unpaired) electrons. The van der Waals surface area contributed by atoms with E-state index in [4.69, 9.17) is 0 Å². The van der Waals surface area contributed by atoms with Crippen molar-refractivity contribution >= 4 is 11.6 Å². The van der Waals surface area contributed by atoms with Gasteiger partial charge in [-0.25, -0.2) is 0 Å². The number of rotatable bonds is 3. The van der Waals surface area contributed by atoms with E-state index in [1.807, 2.05) is 0 Å². The minimum atomic E-state index is -0.174. The van der Waals surface area contributed by atoms with Gasteiger partial charge >= 0.3 is 0 Å². The van der Waals surface area contributed by atoms with Crippen LogP contribution in [-0.2, 0) is 11.2 Å². The van der Waals surface area contributed by atoms with Crippen LogP contribution in [0.25, 0.3) is 0 Å². The summed E-state index contributed by atoms with van der Waals surface area (Å²) in [7, 11) is 0. The fraction of sp³-hybridized carbons (Fsp3) is 0.611. The van der Waals surface area contributed by atoms with Crippen molar-refractivity contribution in [3.05, 3.63) is 29.8 Å². The molecular weight excluding hydrogens is 260 g/mol. The second kappa shape index (κ2) is 6.18. The highest BCUT2D eigenvalue weighted by atomic mass is 16.2. The molecule has 1 fully saturated rings. The summed E-state index contributed by atoms with van der Waals surface area (Å²) in [5.41, 5.74) is 2.31. The van der Waals surface area contributed by atoms with E-state index in [0.717, 1.165) is 57.4 Å². The highest BCUT2D eigenvalue weighted by Gasteiger charge is 2.43. The van der Waals surface area contributed by atoms with Crippen LogP contribution in [0.4, 0.5) is 5.69 Å². The maximum absolute atomic E-state index is 13.3. The van der Waals surface area contributed by atoms with Gasteiger partial charge in [0.1, 0.15) is 0 Å². The molecule has 2 heterocycles. The first-order chi connectivity index (χ1) is 10.3. The summed E-state index contributed by atoms with van der Waals surface area (Å²) < 4.78 is 0. The van der Waals surface area contributed by atoms with Crippen LogP contribution in [-0.4, -0.2) is 25.5 Å². The molecule has 3 heteroatoms. The van der Waals surface area contributed by atoms with E-state index in [2.05, 4.69) is 41.4 Å². The number of anilines is 1. The number of fused-ring (bicyclic) bond motifs is 1. The molecule has 0 bridgehead atoms. The summed E-state index contributed by atoms with van der Waals surface area (Å²) in [6, 6.07) is 8.45. The molecule has 2 aliphatic rings. The Morgan fingerprint density at radius 3 is 2.95 bits per heavy atom. The second-order valence-electron chi connectivity index (χ2n) is 6.50. The van der Waals surface area contributed by atoms with E-state index >= 15 is 0 Å². The van der Waals surface area contributed by atoms with Gasteiger partial charge in [0.25, 0.3) is 0 Å². The average molecular weight is 286 g/mol. The minimum Gasteiger partial charge on any atom is -0.316 e. The molecule has 1 amide bonds. The lowest BCUT2D eigenvalue weighted by Crippen LogP contribution is -2.46. The molecule has 1 aromatic carbocycles. The fourth-order valence-electron chi connectivity index (χ4n) is 3.91. The van der Waals surface area contributed by atoms with Gasteiger partial charge in [-0.3, -0.25) is 4.79 Å². The van der Waals surface area contributed by atoms with Crippen LogP contribution in [0.3, 0.4) is 0 Å². The Morgan fingerprint density at radius 1 is 1.33 bits per heavy atom. The van der Waals surface area contributed by atoms with E-state index in [0.29, 0.717) is 5.91 Å². The van der Waals surface area contributed by atoms with Crippen LogP contribution in [0.15, 0.2) is 24.3 Å². The van der Waals surface area contributed by atoms with Crippen molar-refractivity contribution in [1.29, 1.82) is 0 Å². The average Bonchev–Trinajstić information content (AvgIpc) is 2.87. The molecule has 1 N–H and O–H groups in total. The number of nitrogens with one attached hydrogen (secondary N) is 1. The van der Waals surface area contributed by atoms with Gasteiger partial charge in [0.2, 0.25) is 5.91 Å². The van der Waals surface area contributed by atoms with E-state index in [9.17, 15) is 4.79 Å². The topological polar surface area (TPSA) is 32.3 Å². The first-order valence-electron chi connectivity index (χ1n) is 8.37. The van der Waals surface area contributed by atoms with Crippen LogP contribution in [0, 0.1) is 5.41 Å². The Kier molecular flexibility index (Phi) is 4.29. The van der Waals surface area contributed by atoms with Gasteiger partial charge < -0.3 is 10.2 Å². The Balaban J connectivity index is 1.93. The van der Waals surface area contributed by atoms with Gasteiger partial charge in [-0.2, -0.15) is 0 Å². The van der Waals surface area contributed by atoms with Crippen LogP contribution >= 0.6 is 0 Å². The van der Waals surface area contributed by atoms with Crippen LogP contribution in [0.5, 0.6) is 0 Å². The number of aryl methyl sites for hydroxylation is 1. The molecule has 3 rings (SSSR count). The number of para-hydroxylation sites is 1. The number of amides is 1. The number of nitrogens with zero attached hydrogens (tertiary/aromatic N) is 1. The van der Waals surface area contributed by atoms with Crippen LogP contribution < -0.4 is 10.2 Å². The predicted octanol–water partition coefficient (Wildman–Crippen LogP) is 3.14. The Hall–Kier alpha value is -1.35. The molecule has 1 aromatic rings. The number of hydrogen-bond donors (Lipinski definition) is 1. The van der Waals surface area contributed by atoms with Gasteiger partial charge in [0.05, 0.1) is 5.41 Å². The zero-order valence-corrected chi connectivity index (χ0v) is 13.0. The molecular formula is C18H26N2O. The molecule has 1 unspecified atom stereocenters. The highest BCUT2D eigenvalue weighted by Crippen LogP contribution is 2.37. The number of carbonyl (C=O) groups excluding carboxylic acids is 1. The normalized spacial score (nSPS) is 25.5. The molecule has 1 saturated heterocycles. The summed E-state index contributed by atoms with van der Waals surface area (Å²) in [5.74, 6) is 0.351. The molecule has 0 spiro atoms. The van der Waals surface area contributed by atoms with Crippen molar-refractivity contribution in [2.24, 2.45) is 5.41 Å². The summed E-state index contributed by atoms with van der Waals surface area (Å²) in [6.45, 7) is 4.88. The number of hydrogen-bond acceptors (Lipinski definition) is 2. The molecule has 0 aromatic heterocycles. The first kappa shape index (κ1) is 14.6. The lowest BCUT2D eigenvalue weighted by molar-refractivity contribution is -0.127. The number of carbonyl (C=O) groups is 1. The van der Waals surface area contributed by atoms with Crippen molar-refractivity contribution in [2.45, 2.75) is 45.4 Å². The Bertz CT molecular complexity index is 506. The summed E-state index contributed by atoms with van der Waals surface area (Å²) >= 11 is 0. The number of benzene rings is 1. The lowest BCUT2D eigenvalue weighted by atomic mass is 9.80. The Morgan fingerprint density at radius 2 is 2.19 bits per heavy atom. The minimum absolute atomic E-state index is 0.174. The molecule has 3 nitrogen and oxygen atoms in total. The smallest absolute Gasteiger partial charge is 0.234 e. The van der Waals surface area contributed by atoms with Crippen molar-refractivity contribution in [2.75, 3.05) is 24.5 Å². The third-order valence-electron chi connectivity index (χ3n) is 5.03. The standard InChI is InChI=1S/C18H26N2O/c1-2-10-18(11-12-19-14-18)17(21)20-13-6-5-8-15-7-3-4-9-16(15)20/h3-4,7,9,19H,2,5-6,8,10-14H2,1H3. The van der Waals surface area contributed by atoms with Crippen molar-refractivity contribution in [3.63, 3.8) is 0 Å². The summed E-state index contributed by atoms with van der Waals surface area (Å²) in [6.07, 6.45) is 6.44. The highest BCUT2D eigenvalue weighted by molar-refractivity contribution is 5.98. The van der Waals surface area contributed by atoms with Crippen LogP contribution in [0.1, 0.15) is 44.6 Å². The maximum Gasteiger partial charge on any atom is 0.234 e. The maximum atomic E-state index is 13.3.